The maximum absolute atomic E-state index is 12.1. The molecule has 1 amide bonds. The van der Waals surface area contributed by atoms with Gasteiger partial charge in [-0.3, -0.25) is 4.79 Å². The molecule has 3 rings (SSSR count). The summed E-state index contributed by atoms with van der Waals surface area (Å²) in [6.07, 6.45) is 0.413. The van der Waals surface area contributed by atoms with Crippen LogP contribution in [0.1, 0.15) is 12.0 Å². The van der Waals surface area contributed by atoms with E-state index in [0.29, 0.717) is 32.9 Å². The normalized spacial score (nSPS) is 11.0. The van der Waals surface area contributed by atoms with E-state index in [1.54, 1.807) is 23.9 Å². The number of anilines is 1. The standard InChI is InChI=1S/C17H14Cl2N2OS2/c1-10-2-4-11(5-3-10)23-9-8-14(22)20-17-21-15-12(18)6-7-13(19)16(15)24-17/h2-7H,8-9H2,1H3,(H,20,21,22). The summed E-state index contributed by atoms with van der Waals surface area (Å²) in [6.45, 7) is 2.05. The van der Waals surface area contributed by atoms with Crippen LogP contribution in [0.5, 0.6) is 0 Å². The number of halogens is 2. The van der Waals surface area contributed by atoms with Gasteiger partial charge in [0, 0.05) is 17.1 Å². The van der Waals surface area contributed by atoms with Crippen LogP contribution in [0, 0.1) is 6.92 Å². The third-order valence-corrected chi connectivity index (χ3v) is 6.06. The number of aryl methyl sites for hydroxylation is 1. The number of benzene rings is 2. The molecular formula is C17H14Cl2N2OS2. The molecule has 0 spiro atoms. The monoisotopic (exact) mass is 396 g/mol. The van der Waals surface area contributed by atoms with E-state index in [9.17, 15) is 4.79 Å². The number of fused-ring (bicyclic) bond motifs is 1. The Morgan fingerprint density at radius 3 is 2.58 bits per heavy atom. The smallest absolute Gasteiger partial charge is 0.226 e. The second-order valence-electron chi connectivity index (χ2n) is 5.19. The van der Waals surface area contributed by atoms with Gasteiger partial charge >= 0.3 is 0 Å². The lowest BCUT2D eigenvalue weighted by Gasteiger charge is -2.02. The summed E-state index contributed by atoms with van der Waals surface area (Å²) >= 11 is 15.2. The minimum absolute atomic E-state index is 0.0686. The lowest BCUT2D eigenvalue weighted by atomic mass is 10.2. The molecule has 0 saturated carbocycles. The van der Waals surface area contributed by atoms with E-state index in [0.717, 1.165) is 9.60 Å². The molecule has 24 heavy (non-hydrogen) atoms. The number of rotatable bonds is 5. The number of aromatic nitrogens is 1. The first kappa shape index (κ1) is 17.5. The van der Waals surface area contributed by atoms with Crippen LogP contribution in [0.3, 0.4) is 0 Å². The Morgan fingerprint density at radius 1 is 1.17 bits per heavy atom. The van der Waals surface area contributed by atoms with Crippen molar-refractivity contribution in [2.75, 3.05) is 11.1 Å². The van der Waals surface area contributed by atoms with Crippen molar-refractivity contribution in [1.29, 1.82) is 0 Å². The second kappa shape index (κ2) is 7.74. The highest BCUT2D eigenvalue weighted by atomic mass is 35.5. The lowest BCUT2D eigenvalue weighted by Crippen LogP contribution is -2.11. The number of nitrogens with zero attached hydrogens (tertiary/aromatic N) is 1. The van der Waals surface area contributed by atoms with Crippen molar-refractivity contribution in [2.45, 2.75) is 18.2 Å². The van der Waals surface area contributed by atoms with Crippen molar-refractivity contribution in [2.24, 2.45) is 0 Å². The Kier molecular flexibility index (Phi) is 5.66. The van der Waals surface area contributed by atoms with Gasteiger partial charge in [-0.15, -0.1) is 11.8 Å². The molecule has 0 bridgehead atoms. The van der Waals surface area contributed by atoms with Gasteiger partial charge in [0.05, 0.1) is 14.7 Å². The number of amides is 1. The number of carbonyl (C=O) groups excluding carboxylic acids is 1. The van der Waals surface area contributed by atoms with Crippen molar-refractivity contribution in [1.82, 2.24) is 4.98 Å². The molecule has 0 aliphatic carbocycles. The highest BCUT2D eigenvalue weighted by Gasteiger charge is 2.12. The van der Waals surface area contributed by atoms with E-state index in [1.165, 1.54) is 16.9 Å². The molecule has 3 aromatic rings. The Balaban J connectivity index is 1.58. The topological polar surface area (TPSA) is 42.0 Å². The molecule has 0 atom stereocenters. The summed E-state index contributed by atoms with van der Waals surface area (Å²) in [7, 11) is 0. The van der Waals surface area contributed by atoms with Gasteiger partial charge in [0.1, 0.15) is 5.52 Å². The number of thiazole rings is 1. The zero-order valence-corrected chi connectivity index (χ0v) is 16.0. The van der Waals surface area contributed by atoms with Crippen LogP contribution in [-0.2, 0) is 4.79 Å². The zero-order valence-electron chi connectivity index (χ0n) is 12.8. The second-order valence-corrected chi connectivity index (χ2v) is 8.17. The number of hydrogen-bond acceptors (Lipinski definition) is 4. The minimum atomic E-state index is -0.0686. The van der Waals surface area contributed by atoms with Crippen LogP contribution >= 0.6 is 46.3 Å². The molecule has 0 fully saturated rings. The van der Waals surface area contributed by atoms with Gasteiger partial charge in [0.2, 0.25) is 5.91 Å². The molecule has 0 aliphatic heterocycles. The van der Waals surface area contributed by atoms with E-state index in [-0.39, 0.29) is 5.91 Å². The van der Waals surface area contributed by atoms with E-state index in [1.807, 2.05) is 0 Å². The van der Waals surface area contributed by atoms with Crippen LogP contribution in [0.4, 0.5) is 5.13 Å². The molecule has 1 heterocycles. The van der Waals surface area contributed by atoms with Crippen molar-refractivity contribution in [3.63, 3.8) is 0 Å². The SMILES string of the molecule is Cc1ccc(SCCC(=O)Nc2nc3c(Cl)ccc(Cl)c3s2)cc1. The van der Waals surface area contributed by atoms with E-state index in [2.05, 4.69) is 41.5 Å². The Bertz CT molecular complexity index is 839. The van der Waals surface area contributed by atoms with Crippen molar-refractivity contribution in [3.8, 4) is 0 Å². The molecule has 0 aliphatic rings. The number of hydrogen-bond donors (Lipinski definition) is 1. The summed E-state index contributed by atoms with van der Waals surface area (Å²) in [5, 5.41) is 4.45. The molecule has 124 valence electrons. The first-order valence-corrected chi connectivity index (χ1v) is 9.82. The molecule has 7 heteroatoms. The first-order chi connectivity index (χ1) is 11.5. The summed E-state index contributed by atoms with van der Waals surface area (Å²) in [4.78, 5) is 17.6. The van der Waals surface area contributed by atoms with Crippen molar-refractivity contribution < 1.29 is 4.79 Å². The van der Waals surface area contributed by atoms with Crippen molar-refractivity contribution >= 4 is 67.6 Å². The number of carbonyl (C=O) groups is 1. The predicted octanol–water partition coefficient (Wildman–Crippen LogP) is 6.03. The average Bonchev–Trinajstić information content (AvgIpc) is 2.98. The molecule has 1 aromatic heterocycles. The molecule has 0 unspecified atom stereocenters. The van der Waals surface area contributed by atoms with Crippen molar-refractivity contribution in [3.05, 3.63) is 52.0 Å². The maximum Gasteiger partial charge on any atom is 0.226 e. The van der Waals surface area contributed by atoms with Gasteiger partial charge in [0.25, 0.3) is 0 Å². The average molecular weight is 397 g/mol. The predicted molar refractivity (Wildman–Crippen MR) is 105 cm³/mol. The third kappa shape index (κ3) is 4.22. The quantitative estimate of drug-likeness (QED) is 0.535. The molecule has 1 N–H and O–H groups in total. The maximum atomic E-state index is 12.1. The summed E-state index contributed by atoms with van der Waals surface area (Å²) < 4.78 is 0.786. The van der Waals surface area contributed by atoms with Crippen LogP contribution in [0.15, 0.2) is 41.3 Å². The molecule has 2 aromatic carbocycles. The van der Waals surface area contributed by atoms with E-state index >= 15 is 0 Å². The Labute approximate surface area is 158 Å². The zero-order chi connectivity index (χ0) is 17.1. The van der Waals surface area contributed by atoms with E-state index in [4.69, 9.17) is 23.2 Å². The highest BCUT2D eigenvalue weighted by molar-refractivity contribution is 7.99. The van der Waals surface area contributed by atoms with Gasteiger partial charge in [-0.05, 0) is 31.2 Å². The number of thioether (sulfide) groups is 1. The number of nitrogens with one attached hydrogen (secondary N) is 1. The van der Waals surface area contributed by atoms with Gasteiger partial charge in [-0.1, -0.05) is 52.2 Å². The highest BCUT2D eigenvalue weighted by Crippen LogP contribution is 2.36. The summed E-state index contributed by atoms with van der Waals surface area (Å²) in [5.41, 5.74) is 1.85. The fourth-order valence-corrected chi connectivity index (χ4v) is 4.36. The summed E-state index contributed by atoms with van der Waals surface area (Å²) in [5.74, 6) is 0.641. The largest absolute Gasteiger partial charge is 0.302 e. The minimum Gasteiger partial charge on any atom is -0.302 e. The van der Waals surface area contributed by atoms with Crippen LogP contribution in [0.2, 0.25) is 10.0 Å². The molecule has 0 saturated heterocycles. The Hall–Kier alpha value is -1.27. The summed E-state index contributed by atoms with van der Waals surface area (Å²) in [6, 6.07) is 11.7. The van der Waals surface area contributed by atoms with Crippen LogP contribution < -0.4 is 5.32 Å². The van der Waals surface area contributed by atoms with Gasteiger partial charge < -0.3 is 5.32 Å². The fourth-order valence-electron chi connectivity index (χ4n) is 2.08. The van der Waals surface area contributed by atoms with Crippen LogP contribution in [0.25, 0.3) is 10.2 Å². The molecule has 3 nitrogen and oxygen atoms in total. The van der Waals surface area contributed by atoms with Gasteiger partial charge in [-0.2, -0.15) is 0 Å². The third-order valence-electron chi connectivity index (χ3n) is 3.31. The van der Waals surface area contributed by atoms with Gasteiger partial charge in [0.15, 0.2) is 5.13 Å². The fraction of sp³-hybridized carbons (Fsp3) is 0.176. The lowest BCUT2D eigenvalue weighted by molar-refractivity contribution is -0.115. The first-order valence-electron chi connectivity index (χ1n) is 7.27. The van der Waals surface area contributed by atoms with Crippen LogP contribution in [-0.4, -0.2) is 16.6 Å². The van der Waals surface area contributed by atoms with Gasteiger partial charge in [-0.25, -0.2) is 4.98 Å². The Morgan fingerprint density at radius 2 is 1.88 bits per heavy atom. The molecule has 0 radical (unpaired) electrons. The van der Waals surface area contributed by atoms with E-state index < -0.39 is 0 Å². The molecular weight excluding hydrogens is 383 g/mol.